The van der Waals surface area contributed by atoms with Gasteiger partial charge in [0.1, 0.15) is 10.7 Å². The normalized spacial score (nSPS) is 11.6. The molecule has 140 valence electrons. The number of anilines is 1. The van der Waals surface area contributed by atoms with Crippen LogP contribution in [0.1, 0.15) is 10.4 Å². The van der Waals surface area contributed by atoms with Gasteiger partial charge in [-0.3, -0.25) is 10.1 Å². The van der Waals surface area contributed by atoms with E-state index in [4.69, 9.17) is 0 Å². The van der Waals surface area contributed by atoms with E-state index in [9.17, 15) is 17.6 Å². The standard InChI is InChI=1S/C18H16FN3O3S2/c1-22(2)27(24,25)16-10-13(8-9-14(16)19)17(23)21-18-20-15(11-26-18)12-6-4-3-5-7-12/h3-11H,1-2H3,(H,20,21,23). The smallest absolute Gasteiger partial charge is 0.257 e. The van der Waals surface area contributed by atoms with E-state index < -0.39 is 26.6 Å². The first kappa shape index (κ1) is 19.2. The number of carbonyl (C=O) groups excluding carboxylic acids is 1. The number of sulfonamides is 1. The Kier molecular flexibility index (Phi) is 5.36. The molecule has 0 bridgehead atoms. The number of nitrogens with one attached hydrogen (secondary N) is 1. The summed E-state index contributed by atoms with van der Waals surface area (Å²) in [7, 11) is -1.42. The molecule has 3 rings (SSSR count). The summed E-state index contributed by atoms with van der Waals surface area (Å²) in [6.45, 7) is 0. The fourth-order valence-electron chi connectivity index (χ4n) is 2.28. The molecule has 1 amide bonds. The van der Waals surface area contributed by atoms with Crippen LogP contribution in [0.3, 0.4) is 0 Å². The molecule has 2 aromatic carbocycles. The Labute approximate surface area is 160 Å². The maximum atomic E-state index is 14.0. The molecule has 0 radical (unpaired) electrons. The Bertz CT molecular complexity index is 1080. The Morgan fingerprint density at radius 2 is 1.85 bits per heavy atom. The molecule has 0 saturated heterocycles. The molecule has 0 aliphatic heterocycles. The van der Waals surface area contributed by atoms with Crippen LogP contribution in [0.15, 0.2) is 58.8 Å². The van der Waals surface area contributed by atoms with Crippen LogP contribution in [0.2, 0.25) is 0 Å². The van der Waals surface area contributed by atoms with Crippen LogP contribution in [-0.4, -0.2) is 37.7 Å². The first-order valence-electron chi connectivity index (χ1n) is 7.83. The molecule has 0 saturated carbocycles. The van der Waals surface area contributed by atoms with Crippen molar-refractivity contribution >= 4 is 32.4 Å². The maximum absolute atomic E-state index is 14.0. The maximum Gasteiger partial charge on any atom is 0.257 e. The van der Waals surface area contributed by atoms with E-state index in [2.05, 4.69) is 10.3 Å². The largest absolute Gasteiger partial charge is 0.298 e. The van der Waals surface area contributed by atoms with Gasteiger partial charge in [-0.2, -0.15) is 0 Å². The Morgan fingerprint density at radius 1 is 1.15 bits per heavy atom. The Hall–Kier alpha value is -2.62. The van der Waals surface area contributed by atoms with Crippen molar-refractivity contribution in [1.82, 2.24) is 9.29 Å². The monoisotopic (exact) mass is 405 g/mol. The van der Waals surface area contributed by atoms with Gasteiger partial charge < -0.3 is 0 Å². The molecule has 9 heteroatoms. The van der Waals surface area contributed by atoms with Crippen molar-refractivity contribution in [3.05, 3.63) is 65.3 Å². The van der Waals surface area contributed by atoms with Gasteiger partial charge in [0, 0.05) is 30.6 Å². The highest BCUT2D eigenvalue weighted by Crippen LogP contribution is 2.25. The van der Waals surface area contributed by atoms with Crippen molar-refractivity contribution in [3.8, 4) is 11.3 Å². The lowest BCUT2D eigenvalue weighted by Crippen LogP contribution is -2.24. The van der Waals surface area contributed by atoms with Crippen molar-refractivity contribution < 1.29 is 17.6 Å². The van der Waals surface area contributed by atoms with Gasteiger partial charge >= 0.3 is 0 Å². The summed E-state index contributed by atoms with van der Waals surface area (Å²) in [6.07, 6.45) is 0. The fourth-order valence-corrected chi connectivity index (χ4v) is 3.98. The molecule has 0 spiro atoms. The number of benzene rings is 2. The SMILES string of the molecule is CN(C)S(=O)(=O)c1cc(C(=O)Nc2nc(-c3ccccc3)cs2)ccc1F. The van der Waals surface area contributed by atoms with Gasteiger partial charge in [0.2, 0.25) is 10.0 Å². The number of hydrogen-bond acceptors (Lipinski definition) is 5. The van der Waals surface area contributed by atoms with Crippen LogP contribution in [0.25, 0.3) is 11.3 Å². The molecule has 1 heterocycles. The summed E-state index contributed by atoms with van der Waals surface area (Å²) < 4.78 is 39.2. The molecule has 0 aliphatic rings. The van der Waals surface area contributed by atoms with Gasteiger partial charge in [0.25, 0.3) is 5.91 Å². The van der Waals surface area contributed by atoms with E-state index >= 15 is 0 Å². The highest BCUT2D eigenvalue weighted by Gasteiger charge is 2.23. The lowest BCUT2D eigenvalue weighted by Gasteiger charge is -2.13. The van der Waals surface area contributed by atoms with Crippen molar-refractivity contribution in [1.29, 1.82) is 0 Å². The van der Waals surface area contributed by atoms with Crippen LogP contribution >= 0.6 is 11.3 Å². The van der Waals surface area contributed by atoms with Gasteiger partial charge in [0.15, 0.2) is 5.13 Å². The van der Waals surface area contributed by atoms with Crippen LogP contribution in [-0.2, 0) is 10.0 Å². The van der Waals surface area contributed by atoms with Gasteiger partial charge in [-0.25, -0.2) is 22.1 Å². The Morgan fingerprint density at radius 3 is 2.52 bits per heavy atom. The average Bonchev–Trinajstić information content (AvgIpc) is 3.11. The average molecular weight is 405 g/mol. The summed E-state index contributed by atoms with van der Waals surface area (Å²) in [5.74, 6) is -1.49. The van der Waals surface area contributed by atoms with E-state index in [1.54, 1.807) is 5.38 Å². The van der Waals surface area contributed by atoms with Crippen molar-refractivity contribution in [2.24, 2.45) is 0 Å². The number of halogens is 1. The molecule has 1 N–H and O–H groups in total. The van der Waals surface area contributed by atoms with Crippen LogP contribution < -0.4 is 5.32 Å². The highest BCUT2D eigenvalue weighted by atomic mass is 32.2. The second-order valence-electron chi connectivity index (χ2n) is 5.79. The van der Waals surface area contributed by atoms with Crippen LogP contribution in [0.4, 0.5) is 9.52 Å². The molecular weight excluding hydrogens is 389 g/mol. The molecule has 27 heavy (non-hydrogen) atoms. The second kappa shape index (κ2) is 7.55. The van der Waals surface area contributed by atoms with Crippen molar-refractivity contribution in [2.75, 3.05) is 19.4 Å². The number of hydrogen-bond donors (Lipinski definition) is 1. The summed E-state index contributed by atoms with van der Waals surface area (Å²) in [5, 5.41) is 4.78. The summed E-state index contributed by atoms with van der Waals surface area (Å²) >= 11 is 1.24. The number of nitrogens with zero attached hydrogens (tertiary/aromatic N) is 2. The first-order chi connectivity index (χ1) is 12.8. The molecule has 6 nitrogen and oxygen atoms in total. The third kappa shape index (κ3) is 4.05. The number of rotatable bonds is 5. The van der Waals surface area contributed by atoms with E-state index in [0.29, 0.717) is 10.8 Å². The van der Waals surface area contributed by atoms with Crippen LogP contribution in [0, 0.1) is 5.82 Å². The minimum absolute atomic E-state index is 0.0216. The number of thiazole rings is 1. The number of carbonyl (C=O) groups is 1. The molecule has 1 aromatic heterocycles. The lowest BCUT2D eigenvalue weighted by molar-refractivity contribution is 0.102. The molecule has 0 atom stereocenters. The van der Waals surface area contributed by atoms with Gasteiger partial charge in [-0.05, 0) is 18.2 Å². The van der Waals surface area contributed by atoms with Crippen molar-refractivity contribution in [2.45, 2.75) is 4.90 Å². The summed E-state index contributed by atoms with van der Waals surface area (Å²) in [4.78, 5) is 16.2. The number of amides is 1. The van der Waals surface area contributed by atoms with E-state index in [1.807, 2.05) is 30.3 Å². The summed E-state index contributed by atoms with van der Waals surface area (Å²) in [6, 6.07) is 12.7. The minimum Gasteiger partial charge on any atom is -0.298 e. The highest BCUT2D eigenvalue weighted by molar-refractivity contribution is 7.89. The quantitative estimate of drug-likeness (QED) is 0.705. The van der Waals surface area contributed by atoms with Crippen LogP contribution in [0.5, 0.6) is 0 Å². The van der Waals surface area contributed by atoms with Gasteiger partial charge in [-0.15, -0.1) is 11.3 Å². The zero-order valence-electron chi connectivity index (χ0n) is 14.5. The zero-order chi connectivity index (χ0) is 19.6. The molecular formula is C18H16FN3O3S2. The molecule has 0 unspecified atom stereocenters. The third-order valence-corrected chi connectivity index (χ3v) is 6.33. The predicted molar refractivity (Wildman–Crippen MR) is 103 cm³/mol. The summed E-state index contributed by atoms with van der Waals surface area (Å²) in [5.41, 5.74) is 1.65. The van der Waals surface area contributed by atoms with Crippen molar-refractivity contribution in [3.63, 3.8) is 0 Å². The van der Waals surface area contributed by atoms with E-state index in [-0.39, 0.29) is 5.56 Å². The lowest BCUT2D eigenvalue weighted by atomic mass is 10.2. The molecule has 0 fully saturated rings. The second-order valence-corrected chi connectivity index (χ2v) is 8.77. The topological polar surface area (TPSA) is 79.4 Å². The Balaban J connectivity index is 1.84. The molecule has 0 aliphatic carbocycles. The van der Waals surface area contributed by atoms with Gasteiger partial charge in [-0.1, -0.05) is 30.3 Å². The molecule has 3 aromatic rings. The van der Waals surface area contributed by atoms with E-state index in [1.165, 1.54) is 31.5 Å². The zero-order valence-corrected chi connectivity index (χ0v) is 16.1. The first-order valence-corrected chi connectivity index (χ1v) is 10.2. The fraction of sp³-hybridized carbons (Fsp3) is 0.111. The third-order valence-electron chi connectivity index (χ3n) is 3.75. The number of aromatic nitrogens is 1. The predicted octanol–water partition coefficient (Wildman–Crippen LogP) is 3.45. The van der Waals surface area contributed by atoms with Gasteiger partial charge in [0.05, 0.1) is 5.69 Å². The van der Waals surface area contributed by atoms with E-state index in [0.717, 1.165) is 22.0 Å². The minimum atomic E-state index is -4.00.